The number of carbonyl (C=O) groups is 1. The third kappa shape index (κ3) is 4.86. The summed E-state index contributed by atoms with van der Waals surface area (Å²) >= 11 is 1.40. The minimum Gasteiger partial charge on any atom is -0.438 e. The summed E-state index contributed by atoms with van der Waals surface area (Å²) in [7, 11) is 0. The maximum Gasteiger partial charge on any atom is 0.262 e. The van der Waals surface area contributed by atoms with Gasteiger partial charge in [-0.3, -0.25) is 10.1 Å². The molecule has 0 spiro atoms. The van der Waals surface area contributed by atoms with E-state index in [0.717, 1.165) is 30.7 Å². The first-order valence-electron chi connectivity index (χ1n) is 8.58. The molecule has 2 heterocycles. The van der Waals surface area contributed by atoms with Crippen LogP contribution in [0.4, 0.5) is 5.13 Å². The Morgan fingerprint density at radius 2 is 1.96 bits per heavy atom. The van der Waals surface area contributed by atoms with Crippen molar-refractivity contribution in [3.05, 3.63) is 59.2 Å². The van der Waals surface area contributed by atoms with E-state index in [1.165, 1.54) is 11.3 Å². The Hall–Kier alpha value is -2.80. The largest absolute Gasteiger partial charge is 0.438 e. The SMILES string of the molecule is CCCCCc1nnc(NC(=O)c2cccnc2Oc2ccccc2)s1. The van der Waals surface area contributed by atoms with E-state index < -0.39 is 0 Å². The van der Waals surface area contributed by atoms with Gasteiger partial charge in [-0.25, -0.2) is 4.98 Å². The number of amides is 1. The maximum absolute atomic E-state index is 12.6. The van der Waals surface area contributed by atoms with Crippen LogP contribution in [-0.4, -0.2) is 21.1 Å². The van der Waals surface area contributed by atoms with Gasteiger partial charge in [0, 0.05) is 12.6 Å². The molecule has 134 valence electrons. The third-order valence-corrected chi connectivity index (χ3v) is 4.55. The van der Waals surface area contributed by atoms with Gasteiger partial charge >= 0.3 is 0 Å². The predicted molar refractivity (Wildman–Crippen MR) is 102 cm³/mol. The van der Waals surface area contributed by atoms with Gasteiger partial charge in [-0.2, -0.15) is 0 Å². The molecule has 1 aromatic carbocycles. The van der Waals surface area contributed by atoms with Crippen molar-refractivity contribution in [3.8, 4) is 11.6 Å². The Bertz CT molecular complexity index is 852. The zero-order valence-electron chi connectivity index (χ0n) is 14.5. The Labute approximate surface area is 156 Å². The van der Waals surface area contributed by atoms with Crippen LogP contribution >= 0.6 is 11.3 Å². The van der Waals surface area contributed by atoms with Gasteiger partial charge in [0.2, 0.25) is 11.0 Å². The fraction of sp³-hybridized carbons (Fsp3) is 0.263. The molecule has 0 unspecified atom stereocenters. The Morgan fingerprint density at radius 1 is 1.12 bits per heavy atom. The number of ether oxygens (including phenoxy) is 1. The van der Waals surface area contributed by atoms with Crippen LogP contribution in [0.5, 0.6) is 11.6 Å². The lowest BCUT2D eigenvalue weighted by Crippen LogP contribution is -2.13. The average molecular weight is 368 g/mol. The molecule has 2 aromatic heterocycles. The van der Waals surface area contributed by atoms with Crippen molar-refractivity contribution in [3.63, 3.8) is 0 Å². The van der Waals surface area contributed by atoms with Gasteiger partial charge in [0.1, 0.15) is 16.3 Å². The van der Waals surface area contributed by atoms with Crippen LogP contribution in [0.1, 0.15) is 41.6 Å². The molecule has 6 nitrogen and oxygen atoms in total. The van der Waals surface area contributed by atoms with Gasteiger partial charge in [-0.1, -0.05) is 49.3 Å². The number of unbranched alkanes of at least 4 members (excludes halogenated alkanes) is 2. The average Bonchev–Trinajstić information content (AvgIpc) is 3.10. The zero-order chi connectivity index (χ0) is 18.2. The standard InChI is InChI=1S/C19H20N4O2S/c1-2-3-5-12-16-22-23-19(26-16)21-17(24)15-11-8-13-20-18(15)25-14-9-6-4-7-10-14/h4,6-11,13H,2-3,5,12H2,1H3,(H,21,23,24). The Kier molecular flexibility index (Phi) is 6.27. The first kappa shape index (κ1) is 18.0. The van der Waals surface area contributed by atoms with Crippen LogP contribution in [-0.2, 0) is 6.42 Å². The number of rotatable bonds is 8. The summed E-state index contributed by atoms with van der Waals surface area (Å²) < 4.78 is 5.73. The first-order chi connectivity index (χ1) is 12.8. The van der Waals surface area contributed by atoms with E-state index >= 15 is 0 Å². The molecule has 0 atom stereocenters. The maximum atomic E-state index is 12.6. The van der Waals surface area contributed by atoms with Crippen LogP contribution in [0.15, 0.2) is 48.7 Å². The number of para-hydroxylation sites is 1. The topological polar surface area (TPSA) is 77.0 Å². The molecular weight excluding hydrogens is 348 g/mol. The normalized spacial score (nSPS) is 10.5. The minimum absolute atomic E-state index is 0.254. The van der Waals surface area contributed by atoms with Gasteiger partial charge in [0.15, 0.2) is 0 Å². The summed E-state index contributed by atoms with van der Waals surface area (Å²) in [6, 6.07) is 12.6. The van der Waals surface area contributed by atoms with Crippen LogP contribution in [0, 0.1) is 0 Å². The summed E-state index contributed by atoms with van der Waals surface area (Å²) in [5, 5.41) is 12.4. The van der Waals surface area contributed by atoms with E-state index in [1.54, 1.807) is 18.3 Å². The molecule has 0 fully saturated rings. The third-order valence-electron chi connectivity index (χ3n) is 3.66. The lowest BCUT2D eigenvalue weighted by Gasteiger charge is -2.08. The highest BCUT2D eigenvalue weighted by Crippen LogP contribution is 2.24. The van der Waals surface area contributed by atoms with Gasteiger partial charge in [0.05, 0.1) is 0 Å². The van der Waals surface area contributed by atoms with Crippen molar-refractivity contribution in [2.24, 2.45) is 0 Å². The molecule has 1 N–H and O–H groups in total. The highest BCUT2D eigenvalue weighted by atomic mass is 32.1. The Balaban J connectivity index is 1.68. The van der Waals surface area contributed by atoms with E-state index in [0.29, 0.717) is 16.4 Å². The monoisotopic (exact) mass is 368 g/mol. The number of nitrogens with zero attached hydrogens (tertiary/aromatic N) is 3. The number of anilines is 1. The second-order valence-electron chi connectivity index (χ2n) is 5.68. The predicted octanol–water partition coefficient (Wildman–Crippen LogP) is 4.71. The zero-order valence-corrected chi connectivity index (χ0v) is 15.3. The van der Waals surface area contributed by atoms with E-state index in [1.807, 2.05) is 30.3 Å². The molecule has 3 rings (SSSR count). The number of carbonyl (C=O) groups excluding carboxylic acids is 1. The first-order valence-corrected chi connectivity index (χ1v) is 9.39. The number of aromatic nitrogens is 3. The second-order valence-corrected chi connectivity index (χ2v) is 6.75. The number of benzene rings is 1. The molecule has 0 aliphatic rings. The van der Waals surface area contributed by atoms with Gasteiger partial charge < -0.3 is 4.74 Å². The summed E-state index contributed by atoms with van der Waals surface area (Å²) in [4.78, 5) is 16.8. The fourth-order valence-corrected chi connectivity index (χ4v) is 3.12. The smallest absolute Gasteiger partial charge is 0.262 e. The summed E-state index contributed by atoms with van der Waals surface area (Å²) in [6.45, 7) is 2.16. The van der Waals surface area contributed by atoms with Gasteiger partial charge in [-0.15, -0.1) is 10.2 Å². The molecule has 7 heteroatoms. The summed E-state index contributed by atoms with van der Waals surface area (Å²) in [5.41, 5.74) is 0.346. The number of hydrogen-bond acceptors (Lipinski definition) is 6. The van der Waals surface area contributed by atoms with Crippen LogP contribution in [0.3, 0.4) is 0 Å². The number of pyridine rings is 1. The summed E-state index contributed by atoms with van der Waals surface area (Å²) in [5.74, 6) is 0.554. The van der Waals surface area contributed by atoms with Crippen molar-refractivity contribution in [1.82, 2.24) is 15.2 Å². The van der Waals surface area contributed by atoms with Crippen LogP contribution < -0.4 is 10.1 Å². The summed E-state index contributed by atoms with van der Waals surface area (Å²) in [6.07, 6.45) is 5.88. The molecular formula is C19H20N4O2S. The second kappa shape index (κ2) is 9.05. The van der Waals surface area contributed by atoms with Crippen LogP contribution in [0.2, 0.25) is 0 Å². The van der Waals surface area contributed by atoms with Gasteiger partial charge in [0.25, 0.3) is 5.91 Å². The van der Waals surface area contributed by atoms with Crippen molar-refractivity contribution < 1.29 is 9.53 Å². The molecule has 0 radical (unpaired) electrons. The van der Waals surface area contributed by atoms with E-state index in [9.17, 15) is 4.79 Å². The van der Waals surface area contributed by atoms with Gasteiger partial charge in [-0.05, 0) is 30.7 Å². The Morgan fingerprint density at radius 3 is 2.77 bits per heavy atom. The molecule has 0 aliphatic carbocycles. The van der Waals surface area contributed by atoms with Crippen molar-refractivity contribution in [2.75, 3.05) is 5.32 Å². The van der Waals surface area contributed by atoms with E-state index in [4.69, 9.17) is 4.74 Å². The number of nitrogens with one attached hydrogen (secondary N) is 1. The van der Waals surface area contributed by atoms with Crippen molar-refractivity contribution in [2.45, 2.75) is 32.6 Å². The highest BCUT2D eigenvalue weighted by molar-refractivity contribution is 7.15. The molecule has 0 aliphatic heterocycles. The number of aryl methyl sites for hydroxylation is 1. The highest BCUT2D eigenvalue weighted by Gasteiger charge is 2.16. The quantitative estimate of drug-likeness (QED) is 0.583. The number of hydrogen-bond donors (Lipinski definition) is 1. The van der Waals surface area contributed by atoms with Crippen LogP contribution in [0.25, 0.3) is 0 Å². The minimum atomic E-state index is -0.319. The fourth-order valence-electron chi connectivity index (χ4n) is 2.34. The lowest BCUT2D eigenvalue weighted by molar-refractivity contribution is 0.102. The van der Waals surface area contributed by atoms with E-state index in [2.05, 4.69) is 27.4 Å². The van der Waals surface area contributed by atoms with Crippen molar-refractivity contribution in [1.29, 1.82) is 0 Å². The van der Waals surface area contributed by atoms with Crippen molar-refractivity contribution >= 4 is 22.4 Å². The molecule has 0 saturated heterocycles. The molecule has 0 saturated carbocycles. The molecule has 26 heavy (non-hydrogen) atoms. The molecule has 3 aromatic rings. The molecule has 0 bridgehead atoms. The lowest BCUT2D eigenvalue weighted by atomic mass is 10.2. The molecule has 1 amide bonds. The van der Waals surface area contributed by atoms with E-state index in [-0.39, 0.29) is 11.8 Å².